The van der Waals surface area contributed by atoms with Crippen LogP contribution in [0.4, 0.5) is 0 Å². The number of aliphatic hydroxyl groups excluding tert-OH is 1. The molecule has 0 aromatic rings. The smallest absolute Gasteiger partial charge is 0.131 e. The van der Waals surface area contributed by atoms with Gasteiger partial charge in [0, 0.05) is 19.5 Å². The van der Waals surface area contributed by atoms with Gasteiger partial charge in [-0.3, -0.25) is 9.69 Å². The van der Waals surface area contributed by atoms with Gasteiger partial charge in [-0.05, 0) is 26.2 Å². The second kappa shape index (κ2) is 4.58. The molecule has 1 saturated heterocycles. The molecule has 1 rings (SSSR count). The number of likely N-dealkylation sites (tertiary alicyclic amines) is 1. The van der Waals surface area contributed by atoms with Gasteiger partial charge in [0.25, 0.3) is 0 Å². The van der Waals surface area contributed by atoms with Crippen LogP contribution in [-0.4, -0.2) is 35.1 Å². The Bertz CT molecular complexity index is 159. The second-order valence-corrected chi connectivity index (χ2v) is 3.46. The average Bonchev–Trinajstić information content (AvgIpc) is 2.03. The lowest BCUT2D eigenvalue weighted by Crippen LogP contribution is -2.40. The molecule has 1 heterocycles. The van der Waals surface area contributed by atoms with E-state index in [9.17, 15) is 9.90 Å². The summed E-state index contributed by atoms with van der Waals surface area (Å²) >= 11 is 0. The van der Waals surface area contributed by atoms with Crippen LogP contribution in [0.2, 0.25) is 0 Å². The highest BCUT2D eigenvalue weighted by Crippen LogP contribution is 2.14. The molecule has 0 aliphatic carbocycles. The molecule has 3 nitrogen and oxygen atoms in total. The van der Waals surface area contributed by atoms with Crippen LogP contribution in [0.25, 0.3) is 0 Å². The molecule has 3 heteroatoms. The molecule has 70 valence electrons. The molecule has 0 spiro atoms. The van der Waals surface area contributed by atoms with Gasteiger partial charge in [0.1, 0.15) is 12.0 Å². The van der Waals surface area contributed by atoms with Gasteiger partial charge in [0.2, 0.25) is 0 Å². The quantitative estimate of drug-likeness (QED) is 0.682. The first-order valence-corrected chi connectivity index (χ1v) is 4.61. The highest BCUT2D eigenvalue weighted by atomic mass is 16.3. The number of rotatable bonds is 3. The van der Waals surface area contributed by atoms with E-state index in [0.29, 0.717) is 6.42 Å². The average molecular weight is 171 g/mol. The van der Waals surface area contributed by atoms with Gasteiger partial charge in [-0.2, -0.15) is 0 Å². The van der Waals surface area contributed by atoms with Gasteiger partial charge in [0.05, 0.1) is 0 Å². The monoisotopic (exact) mass is 171 g/mol. The van der Waals surface area contributed by atoms with Gasteiger partial charge in [-0.25, -0.2) is 0 Å². The molecule has 1 N–H and O–H groups in total. The van der Waals surface area contributed by atoms with Crippen molar-refractivity contribution >= 4 is 5.78 Å². The summed E-state index contributed by atoms with van der Waals surface area (Å²) in [5, 5.41) is 9.50. The third kappa shape index (κ3) is 2.91. The summed E-state index contributed by atoms with van der Waals surface area (Å²) in [6, 6.07) is 0. The van der Waals surface area contributed by atoms with Crippen LogP contribution >= 0.6 is 0 Å². The van der Waals surface area contributed by atoms with Crippen molar-refractivity contribution in [3.63, 3.8) is 0 Å². The molecule has 1 atom stereocenters. The Labute approximate surface area is 73.4 Å². The fourth-order valence-electron chi connectivity index (χ4n) is 1.54. The van der Waals surface area contributed by atoms with E-state index in [4.69, 9.17) is 0 Å². The second-order valence-electron chi connectivity index (χ2n) is 3.46. The Morgan fingerprint density at radius 2 is 2.33 bits per heavy atom. The minimum absolute atomic E-state index is 0.202. The maximum atomic E-state index is 10.7. The lowest BCUT2D eigenvalue weighted by atomic mass is 10.1. The highest BCUT2D eigenvalue weighted by Gasteiger charge is 2.19. The lowest BCUT2D eigenvalue weighted by molar-refractivity contribution is -0.118. The van der Waals surface area contributed by atoms with Crippen LogP contribution in [0.3, 0.4) is 0 Å². The van der Waals surface area contributed by atoms with Crippen molar-refractivity contribution in [2.45, 2.75) is 38.8 Å². The molecule has 1 aliphatic rings. The van der Waals surface area contributed by atoms with E-state index >= 15 is 0 Å². The van der Waals surface area contributed by atoms with Crippen LogP contribution in [0.1, 0.15) is 32.6 Å². The first kappa shape index (κ1) is 9.68. The van der Waals surface area contributed by atoms with Crippen molar-refractivity contribution in [2.75, 3.05) is 13.1 Å². The van der Waals surface area contributed by atoms with E-state index in [1.54, 1.807) is 6.92 Å². The molecule has 1 aliphatic heterocycles. The molecule has 0 radical (unpaired) electrons. The van der Waals surface area contributed by atoms with E-state index in [1.165, 1.54) is 0 Å². The van der Waals surface area contributed by atoms with Crippen LogP contribution in [-0.2, 0) is 4.79 Å². The molecular formula is C9H17NO2. The predicted molar refractivity (Wildman–Crippen MR) is 46.7 cm³/mol. The number of hydrogen-bond donors (Lipinski definition) is 1. The van der Waals surface area contributed by atoms with Gasteiger partial charge in [0.15, 0.2) is 0 Å². The topological polar surface area (TPSA) is 40.5 Å². The summed E-state index contributed by atoms with van der Waals surface area (Å²) < 4.78 is 0. The summed E-state index contributed by atoms with van der Waals surface area (Å²) in [6.45, 7) is 3.25. The number of hydrogen-bond acceptors (Lipinski definition) is 3. The van der Waals surface area contributed by atoms with Crippen LogP contribution < -0.4 is 0 Å². The van der Waals surface area contributed by atoms with Crippen molar-refractivity contribution in [3.8, 4) is 0 Å². The number of carbonyl (C=O) groups excluding carboxylic acids is 1. The first-order valence-electron chi connectivity index (χ1n) is 4.61. The third-order valence-electron chi connectivity index (χ3n) is 2.33. The Morgan fingerprint density at radius 1 is 1.58 bits per heavy atom. The number of carbonyl (C=O) groups is 1. The largest absolute Gasteiger partial charge is 0.378 e. The Kier molecular flexibility index (Phi) is 3.69. The van der Waals surface area contributed by atoms with E-state index in [2.05, 4.69) is 0 Å². The zero-order valence-electron chi connectivity index (χ0n) is 7.62. The molecular weight excluding hydrogens is 154 g/mol. The van der Waals surface area contributed by atoms with Crippen molar-refractivity contribution in [1.29, 1.82) is 0 Å². The molecule has 0 bridgehead atoms. The number of ketones is 1. The molecule has 0 aromatic carbocycles. The highest BCUT2D eigenvalue weighted by molar-refractivity contribution is 5.75. The molecule has 0 aromatic heterocycles. The van der Waals surface area contributed by atoms with Crippen molar-refractivity contribution < 1.29 is 9.90 Å². The van der Waals surface area contributed by atoms with E-state index < -0.39 is 0 Å². The van der Waals surface area contributed by atoms with Gasteiger partial charge in [-0.1, -0.05) is 0 Å². The SMILES string of the molecule is CC(=O)CCN1CCCCC1O. The lowest BCUT2D eigenvalue weighted by Gasteiger charge is -2.31. The molecule has 1 fully saturated rings. The predicted octanol–water partition coefficient (Wildman–Crippen LogP) is 0.770. The summed E-state index contributed by atoms with van der Waals surface area (Å²) in [6.07, 6.45) is 3.37. The number of Topliss-reactive ketones (excluding diaryl/α,β-unsaturated/α-hetero) is 1. The minimum atomic E-state index is -0.307. The van der Waals surface area contributed by atoms with Crippen molar-refractivity contribution in [2.24, 2.45) is 0 Å². The number of piperidine rings is 1. The summed E-state index contributed by atoms with van der Waals surface area (Å²) in [7, 11) is 0. The van der Waals surface area contributed by atoms with Gasteiger partial charge >= 0.3 is 0 Å². The Morgan fingerprint density at radius 3 is 2.92 bits per heavy atom. The fourth-order valence-corrected chi connectivity index (χ4v) is 1.54. The van der Waals surface area contributed by atoms with Crippen molar-refractivity contribution in [1.82, 2.24) is 4.90 Å². The summed E-state index contributed by atoms with van der Waals surface area (Å²) in [5.41, 5.74) is 0. The van der Waals surface area contributed by atoms with E-state index in [0.717, 1.165) is 32.4 Å². The van der Waals surface area contributed by atoms with Crippen LogP contribution in [0, 0.1) is 0 Å². The normalized spacial score (nSPS) is 25.7. The molecule has 12 heavy (non-hydrogen) atoms. The van der Waals surface area contributed by atoms with E-state index in [-0.39, 0.29) is 12.0 Å². The van der Waals surface area contributed by atoms with Gasteiger partial charge < -0.3 is 5.11 Å². The molecule has 0 amide bonds. The Hall–Kier alpha value is -0.410. The maximum Gasteiger partial charge on any atom is 0.131 e. The minimum Gasteiger partial charge on any atom is -0.378 e. The van der Waals surface area contributed by atoms with Crippen LogP contribution in [0.5, 0.6) is 0 Å². The Balaban J connectivity index is 2.24. The first-order chi connectivity index (χ1) is 5.70. The third-order valence-corrected chi connectivity index (χ3v) is 2.33. The molecule has 1 unspecified atom stereocenters. The molecule has 0 saturated carbocycles. The van der Waals surface area contributed by atoms with E-state index in [1.807, 2.05) is 4.90 Å². The van der Waals surface area contributed by atoms with Gasteiger partial charge in [-0.15, -0.1) is 0 Å². The number of aliphatic hydroxyl groups is 1. The number of nitrogens with zero attached hydrogens (tertiary/aromatic N) is 1. The zero-order valence-corrected chi connectivity index (χ0v) is 7.62. The van der Waals surface area contributed by atoms with Crippen molar-refractivity contribution in [3.05, 3.63) is 0 Å². The van der Waals surface area contributed by atoms with Crippen LogP contribution in [0.15, 0.2) is 0 Å². The zero-order chi connectivity index (χ0) is 8.97. The summed E-state index contributed by atoms with van der Waals surface area (Å²) in [5.74, 6) is 0.202. The fraction of sp³-hybridized carbons (Fsp3) is 0.889. The maximum absolute atomic E-state index is 10.7. The standard InChI is InChI=1S/C9H17NO2/c1-8(11)5-7-10-6-3-2-4-9(10)12/h9,12H,2-7H2,1H3. The summed E-state index contributed by atoms with van der Waals surface area (Å²) in [4.78, 5) is 12.7.